The molecule has 0 aliphatic rings. The lowest BCUT2D eigenvalue weighted by Crippen LogP contribution is -2.13. The van der Waals surface area contributed by atoms with E-state index in [0.29, 0.717) is 30.4 Å². The number of para-hydroxylation sites is 1. The Labute approximate surface area is 186 Å². The lowest BCUT2D eigenvalue weighted by molar-refractivity contribution is -0.115. The predicted octanol–water partition coefficient (Wildman–Crippen LogP) is 5.16. The zero-order valence-electron chi connectivity index (χ0n) is 17.8. The molecular formula is C23H27FN4O2S. The van der Waals surface area contributed by atoms with Crippen molar-refractivity contribution in [2.24, 2.45) is 5.92 Å². The molecule has 0 atom stereocenters. The van der Waals surface area contributed by atoms with E-state index < -0.39 is 0 Å². The van der Waals surface area contributed by atoms with Gasteiger partial charge in [0.1, 0.15) is 18.2 Å². The molecule has 1 aromatic heterocycles. The number of hydrogen-bond donors (Lipinski definition) is 1. The minimum atomic E-state index is -0.332. The molecule has 1 N–H and O–H groups in total. The zero-order chi connectivity index (χ0) is 22.1. The van der Waals surface area contributed by atoms with E-state index in [2.05, 4.69) is 33.9 Å². The van der Waals surface area contributed by atoms with E-state index in [0.717, 1.165) is 29.7 Å². The summed E-state index contributed by atoms with van der Waals surface area (Å²) in [6, 6.07) is 15.3. The summed E-state index contributed by atoms with van der Waals surface area (Å²) >= 11 is 1.50. The fraction of sp³-hybridized carbons (Fsp3) is 0.348. The summed E-state index contributed by atoms with van der Waals surface area (Å²) in [4.78, 5) is 12.2. The van der Waals surface area contributed by atoms with E-state index in [1.807, 2.05) is 30.3 Å². The van der Waals surface area contributed by atoms with E-state index in [9.17, 15) is 9.18 Å². The normalized spacial score (nSPS) is 11.0. The van der Waals surface area contributed by atoms with Gasteiger partial charge in [-0.25, -0.2) is 4.39 Å². The molecule has 164 valence electrons. The van der Waals surface area contributed by atoms with Crippen molar-refractivity contribution < 1.29 is 13.9 Å². The summed E-state index contributed by atoms with van der Waals surface area (Å²) in [6.45, 7) is 5.48. The first kappa shape index (κ1) is 22.8. The van der Waals surface area contributed by atoms with Crippen molar-refractivity contribution in [3.05, 3.63) is 66.2 Å². The molecule has 0 aliphatic carbocycles. The third kappa shape index (κ3) is 7.40. The van der Waals surface area contributed by atoms with Crippen molar-refractivity contribution in [3.63, 3.8) is 0 Å². The molecule has 6 nitrogen and oxygen atoms in total. The Balaban J connectivity index is 1.56. The van der Waals surface area contributed by atoms with E-state index in [1.165, 1.54) is 23.9 Å². The molecule has 0 saturated carbocycles. The zero-order valence-corrected chi connectivity index (χ0v) is 18.6. The average Bonchev–Trinajstić information content (AvgIpc) is 3.14. The molecule has 1 amide bonds. The van der Waals surface area contributed by atoms with Gasteiger partial charge in [0.05, 0.1) is 0 Å². The number of carbonyl (C=O) groups is 1. The minimum Gasteiger partial charge on any atom is -0.486 e. The van der Waals surface area contributed by atoms with Crippen molar-refractivity contribution in [1.29, 1.82) is 0 Å². The smallest absolute Gasteiger partial charge is 0.225 e. The fourth-order valence-electron chi connectivity index (χ4n) is 2.80. The number of nitrogens with zero attached hydrogens (tertiary/aromatic N) is 3. The first-order valence-electron chi connectivity index (χ1n) is 10.3. The highest BCUT2D eigenvalue weighted by Crippen LogP contribution is 2.21. The molecule has 3 aromatic rings. The van der Waals surface area contributed by atoms with E-state index >= 15 is 0 Å². The van der Waals surface area contributed by atoms with Gasteiger partial charge in [0.2, 0.25) is 5.91 Å². The van der Waals surface area contributed by atoms with Crippen LogP contribution in [0.3, 0.4) is 0 Å². The Morgan fingerprint density at radius 1 is 1.13 bits per heavy atom. The monoisotopic (exact) mass is 442 g/mol. The molecule has 0 fully saturated rings. The molecule has 0 bridgehead atoms. The number of benzene rings is 2. The molecule has 0 aliphatic heterocycles. The molecule has 8 heteroatoms. The number of thioether (sulfide) groups is 1. The largest absolute Gasteiger partial charge is 0.486 e. The number of ether oxygens (including phenoxy) is 1. The molecule has 1 heterocycles. The maximum Gasteiger partial charge on any atom is 0.225 e. The summed E-state index contributed by atoms with van der Waals surface area (Å²) in [7, 11) is 0. The Morgan fingerprint density at radius 2 is 1.87 bits per heavy atom. The lowest BCUT2D eigenvalue weighted by Gasteiger charge is -2.12. The molecule has 3 rings (SSSR count). The number of rotatable bonds is 11. The van der Waals surface area contributed by atoms with Crippen LogP contribution in [-0.2, 0) is 17.9 Å². The van der Waals surface area contributed by atoms with Gasteiger partial charge in [-0.15, -0.1) is 10.2 Å². The van der Waals surface area contributed by atoms with Crippen LogP contribution < -0.4 is 10.1 Å². The summed E-state index contributed by atoms with van der Waals surface area (Å²) < 4.78 is 20.9. The Bertz CT molecular complexity index is 961. The van der Waals surface area contributed by atoms with Crippen LogP contribution in [0, 0.1) is 11.7 Å². The van der Waals surface area contributed by atoms with Crippen molar-refractivity contribution in [2.45, 2.75) is 45.0 Å². The van der Waals surface area contributed by atoms with Crippen molar-refractivity contribution in [3.8, 4) is 5.75 Å². The average molecular weight is 443 g/mol. The highest BCUT2D eigenvalue weighted by atomic mass is 32.2. The van der Waals surface area contributed by atoms with Gasteiger partial charge in [-0.2, -0.15) is 0 Å². The summed E-state index contributed by atoms with van der Waals surface area (Å²) in [5.41, 5.74) is 0.580. The number of aromatic nitrogens is 3. The SMILES string of the molecule is CC(C)CCn1c(COc2ccccc2)nnc1SCCC(=O)Nc1ccc(F)cc1. The predicted molar refractivity (Wildman–Crippen MR) is 121 cm³/mol. The van der Waals surface area contributed by atoms with Gasteiger partial charge < -0.3 is 14.6 Å². The quantitative estimate of drug-likeness (QED) is 0.415. The molecular weight excluding hydrogens is 415 g/mol. The summed E-state index contributed by atoms with van der Waals surface area (Å²) in [6.07, 6.45) is 1.31. The van der Waals surface area contributed by atoms with Crippen LogP contribution in [0.15, 0.2) is 59.8 Å². The molecule has 0 radical (unpaired) electrons. The second kappa shape index (κ2) is 11.5. The Morgan fingerprint density at radius 3 is 2.58 bits per heavy atom. The molecule has 31 heavy (non-hydrogen) atoms. The van der Waals surface area contributed by atoms with Crippen LogP contribution in [-0.4, -0.2) is 26.4 Å². The topological polar surface area (TPSA) is 69.0 Å². The summed E-state index contributed by atoms with van der Waals surface area (Å²) in [5, 5.41) is 12.2. The van der Waals surface area contributed by atoms with Gasteiger partial charge in [0, 0.05) is 24.4 Å². The van der Waals surface area contributed by atoms with E-state index in [1.54, 1.807) is 12.1 Å². The van der Waals surface area contributed by atoms with E-state index in [4.69, 9.17) is 4.74 Å². The van der Waals surface area contributed by atoms with Gasteiger partial charge in [-0.05, 0) is 48.7 Å². The number of anilines is 1. The van der Waals surface area contributed by atoms with Gasteiger partial charge >= 0.3 is 0 Å². The molecule has 0 unspecified atom stereocenters. The third-order valence-electron chi connectivity index (χ3n) is 4.52. The highest BCUT2D eigenvalue weighted by Gasteiger charge is 2.14. The number of nitrogens with one attached hydrogen (secondary N) is 1. The maximum atomic E-state index is 13.0. The number of amides is 1. The van der Waals surface area contributed by atoms with Crippen LogP contribution in [0.1, 0.15) is 32.5 Å². The van der Waals surface area contributed by atoms with Gasteiger partial charge in [-0.3, -0.25) is 4.79 Å². The number of carbonyl (C=O) groups excluding carboxylic acids is 1. The third-order valence-corrected chi connectivity index (χ3v) is 5.49. The molecule has 0 spiro atoms. The molecule has 2 aromatic carbocycles. The second-order valence-electron chi connectivity index (χ2n) is 7.49. The van der Waals surface area contributed by atoms with E-state index in [-0.39, 0.29) is 11.7 Å². The van der Waals surface area contributed by atoms with Crippen molar-refractivity contribution >= 4 is 23.4 Å². The number of hydrogen-bond acceptors (Lipinski definition) is 5. The van der Waals surface area contributed by atoms with Crippen molar-refractivity contribution in [2.75, 3.05) is 11.1 Å². The standard InChI is InChI=1S/C23H27FN4O2S/c1-17(2)12-14-28-21(16-30-20-6-4-3-5-7-20)26-27-23(28)31-15-13-22(29)25-19-10-8-18(24)9-11-19/h3-11,17H,12-16H2,1-2H3,(H,25,29). The van der Waals surface area contributed by atoms with Crippen LogP contribution in [0.25, 0.3) is 0 Å². The Kier molecular flexibility index (Phi) is 8.46. The first-order chi connectivity index (χ1) is 15.0. The highest BCUT2D eigenvalue weighted by molar-refractivity contribution is 7.99. The van der Waals surface area contributed by atoms with Crippen LogP contribution >= 0.6 is 11.8 Å². The van der Waals surface area contributed by atoms with Gasteiger partial charge in [0.25, 0.3) is 0 Å². The Hall–Kier alpha value is -2.87. The van der Waals surface area contributed by atoms with Crippen LogP contribution in [0.5, 0.6) is 5.75 Å². The summed E-state index contributed by atoms with van der Waals surface area (Å²) in [5.74, 6) is 2.20. The number of halogens is 1. The van der Waals surface area contributed by atoms with Crippen molar-refractivity contribution in [1.82, 2.24) is 14.8 Å². The minimum absolute atomic E-state index is 0.125. The van der Waals surface area contributed by atoms with Crippen LogP contribution in [0.2, 0.25) is 0 Å². The van der Waals surface area contributed by atoms with Gasteiger partial charge in [-0.1, -0.05) is 43.8 Å². The lowest BCUT2D eigenvalue weighted by atomic mass is 10.1. The maximum absolute atomic E-state index is 13.0. The molecule has 0 saturated heterocycles. The fourth-order valence-corrected chi connectivity index (χ4v) is 3.72. The van der Waals surface area contributed by atoms with Gasteiger partial charge in [0.15, 0.2) is 11.0 Å². The first-order valence-corrected chi connectivity index (χ1v) is 11.3. The second-order valence-corrected chi connectivity index (χ2v) is 8.55. The van der Waals surface area contributed by atoms with Crippen LogP contribution in [0.4, 0.5) is 10.1 Å².